The van der Waals surface area contributed by atoms with Gasteiger partial charge in [-0.1, -0.05) is 44.7 Å². The first-order chi connectivity index (χ1) is 17.5. The van der Waals surface area contributed by atoms with Crippen molar-refractivity contribution in [3.05, 3.63) is 42.0 Å². The number of nitrogens with one attached hydrogen (secondary N) is 2. The third kappa shape index (κ3) is 10.2. The normalized spacial score (nSPS) is 13.2. The highest BCUT2D eigenvalue weighted by molar-refractivity contribution is 5.93. The highest BCUT2D eigenvalue weighted by Crippen LogP contribution is 2.31. The first kappa shape index (κ1) is 32.7. The highest BCUT2D eigenvalue weighted by Gasteiger charge is 2.42. The second kappa shape index (κ2) is 14.0. The van der Waals surface area contributed by atoms with Crippen molar-refractivity contribution >= 4 is 30.0 Å². The van der Waals surface area contributed by atoms with Gasteiger partial charge in [0.2, 0.25) is 11.8 Å². The smallest absolute Gasteiger partial charge is 0.408 e. The van der Waals surface area contributed by atoms with Crippen LogP contribution in [-0.2, 0) is 23.9 Å². The molecule has 2 unspecified atom stereocenters. The molecule has 38 heavy (non-hydrogen) atoms. The van der Waals surface area contributed by atoms with E-state index in [1.807, 2.05) is 40.7 Å². The summed E-state index contributed by atoms with van der Waals surface area (Å²) in [4.78, 5) is 53.8. The molecule has 0 saturated carbocycles. The Balaban J connectivity index is 3.51. The van der Waals surface area contributed by atoms with E-state index in [1.165, 1.54) is 4.90 Å². The average Bonchev–Trinajstić information content (AvgIpc) is 2.78. The minimum Gasteiger partial charge on any atom is -0.466 e. The van der Waals surface area contributed by atoms with Crippen LogP contribution >= 0.6 is 0 Å². The molecule has 2 N–H and O–H groups in total. The molecule has 1 aromatic carbocycles. The summed E-state index contributed by atoms with van der Waals surface area (Å²) in [6.45, 7) is 20.1. The van der Waals surface area contributed by atoms with Crippen molar-refractivity contribution in [2.75, 3.05) is 13.2 Å². The SMILES string of the molecule is C=Cc1cccc(C(C(=O)NCCC(=O)OCC)N(C(=O)C(NC(=O)OC(C)(C)C)C(C)C)C(C)(C)C)c1. The standard InChI is InChI=1S/C29H45N3O6/c1-11-20-14-13-15-21(18-20)24(25(34)30-17-16-22(33)37-12-2)32(28(5,6)7)26(35)23(19(3)4)31-27(36)38-29(8,9)10/h11,13-15,18-19,23-24H,1,12,16-17H2,2-10H3,(H,30,34)(H,31,36). The Labute approximate surface area is 227 Å². The molecule has 1 aromatic rings. The number of hydrogen-bond donors (Lipinski definition) is 2. The molecule has 0 radical (unpaired) electrons. The zero-order chi connectivity index (χ0) is 29.3. The average molecular weight is 532 g/mol. The fraction of sp³-hybridized carbons (Fsp3) is 0.586. The van der Waals surface area contributed by atoms with E-state index in [2.05, 4.69) is 17.2 Å². The Bertz CT molecular complexity index is 991. The summed E-state index contributed by atoms with van der Waals surface area (Å²) in [7, 11) is 0. The van der Waals surface area contributed by atoms with Gasteiger partial charge in [-0.2, -0.15) is 0 Å². The third-order valence-electron chi connectivity index (χ3n) is 5.47. The van der Waals surface area contributed by atoms with Crippen molar-refractivity contribution in [2.45, 2.75) is 92.0 Å². The minimum absolute atomic E-state index is 0.00270. The summed E-state index contributed by atoms with van der Waals surface area (Å²) in [5, 5.41) is 5.49. The van der Waals surface area contributed by atoms with Crippen LogP contribution in [0.25, 0.3) is 6.08 Å². The first-order valence-corrected chi connectivity index (χ1v) is 13.0. The molecule has 0 heterocycles. The minimum atomic E-state index is -1.05. The van der Waals surface area contributed by atoms with E-state index in [9.17, 15) is 19.2 Å². The Morgan fingerprint density at radius 1 is 1.08 bits per heavy atom. The summed E-state index contributed by atoms with van der Waals surface area (Å²) >= 11 is 0. The Kier molecular flexibility index (Phi) is 12.0. The number of carbonyl (C=O) groups is 4. The van der Waals surface area contributed by atoms with Crippen LogP contribution in [-0.4, -0.2) is 59.1 Å². The fourth-order valence-electron chi connectivity index (χ4n) is 3.83. The first-order valence-electron chi connectivity index (χ1n) is 13.0. The number of alkyl carbamates (subject to hydrolysis) is 1. The summed E-state index contributed by atoms with van der Waals surface area (Å²) < 4.78 is 10.3. The summed E-state index contributed by atoms with van der Waals surface area (Å²) in [6.07, 6.45) is 0.934. The van der Waals surface area contributed by atoms with E-state index in [-0.39, 0.29) is 25.5 Å². The molecule has 1 rings (SSSR count). The van der Waals surface area contributed by atoms with Crippen molar-refractivity contribution in [3.8, 4) is 0 Å². The lowest BCUT2D eigenvalue weighted by atomic mass is 9.92. The zero-order valence-corrected chi connectivity index (χ0v) is 24.3. The van der Waals surface area contributed by atoms with Crippen molar-refractivity contribution in [1.29, 1.82) is 0 Å². The highest BCUT2D eigenvalue weighted by atomic mass is 16.6. The van der Waals surface area contributed by atoms with Crippen LogP contribution in [0, 0.1) is 5.92 Å². The maximum Gasteiger partial charge on any atom is 0.408 e. The molecular formula is C29H45N3O6. The molecule has 0 bridgehead atoms. The van der Waals surface area contributed by atoms with Crippen LogP contribution in [0.5, 0.6) is 0 Å². The fourth-order valence-corrected chi connectivity index (χ4v) is 3.83. The van der Waals surface area contributed by atoms with E-state index >= 15 is 0 Å². The maximum atomic E-state index is 14.2. The van der Waals surface area contributed by atoms with Crippen LogP contribution in [0.4, 0.5) is 4.79 Å². The molecular weight excluding hydrogens is 486 g/mol. The third-order valence-corrected chi connectivity index (χ3v) is 5.47. The largest absolute Gasteiger partial charge is 0.466 e. The maximum absolute atomic E-state index is 14.2. The van der Waals surface area contributed by atoms with Crippen LogP contribution < -0.4 is 10.6 Å². The van der Waals surface area contributed by atoms with E-state index in [1.54, 1.807) is 52.0 Å². The molecule has 0 spiro atoms. The van der Waals surface area contributed by atoms with Gasteiger partial charge in [0.15, 0.2) is 0 Å². The zero-order valence-electron chi connectivity index (χ0n) is 24.3. The van der Waals surface area contributed by atoms with Crippen LogP contribution in [0.3, 0.4) is 0 Å². The summed E-state index contributed by atoms with van der Waals surface area (Å²) in [5.74, 6) is -1.62. The Hall–Kier alpha value is -3.36. The topological polar surface area (TPSA) is 114 Å². The predicted molar refractivity (Wildman–Crippen MR) is 148 cm³/mol. The second-order valence-corrected chi connectivity index (χ2v) is 11.4. The second-order valence-electron chi connectivity index (χ2n) is 11.4. The van der Waals surface area contributed by atoms with Crippen LogP contribution in [0.2, 0.25) is 0 Å². The van der Waals surface area contributed by atoms with E-state index in [0.717, 1.165) is 5.56 Å². The number of rotatable bonds is 11. The lowest BCUT2D eigenvalue weighted by Crippen LogP contribution is -2.60. The van der Waals surface area contributed by atoms with Gasteiger partial charge in [0.25, 0.3) is 0 Å². The number of nitrogens with zero attached hydrogens (tertiary/aromatic N) is 1. The molecule has 0 fully saturated rings. The molecule has 0 saturated heterocycles. The number of hydrogen-bond acceptors (Lipinski definition) is 6. The lowest BCUT2D eigenvalue weighted by Gasteiger charge is -2.43. The molecule has 0 aliphatic carbocycles. The van der Waals surface area contributed by atoms with Crippen molar-refractivity contribution in [3.63, 3.8) is 0 Å². The quantitative estimate of drug-likeness (QED) is 0.403. The van der Waals surface area contributed by atoms with Gasteiger partial charge in [0.05, 0.1) is 13.0 Å². The van der Waals surface area contributed by atoms with Gasteiger partial charge in [0.1, 0.15) is 17.7 Å². The van der Waals surface area contributed by atoms with Crippen molar-refractivity contribution < 1.29 is 28.7 Å². The van der Waals surface area contributed by atoms with Gasteiger partial charge in [-0.25, -0.2) is 4.79 Å². The summed E-state index contributed by atoms with van der Waals surface area (Å²) in [5.41, 5.74) is -0.225. The summed E-state index contributed by atoms with van der Waals surface area (Å²) in [6, 6.07) is 5.18. The van der Waals surface area contributed by atoms with Crippen molar-refractivity contribution in [1.82, 2.24) is 15.5 Å². The molecule has 212 valence electrons. The van der Waals surface area contributed by atoms with Gasteiger partial charge in [-0.3, -0.25) is 14.4 Å². The Morgan fingerprint density at radius 2 is 1.71 bits per heavy atom. The number of ether oxygens (including phenoxy) is 2. The number of carbonyl (C=O) groups excluding carboxylic acids is 4. The van der Waals surface area contributed by atoms with Crippen LogP contribution in [0.15, 0.2) is 30.8 Å². The molecule has 0 aliphatic rings. The van der Waals surface area contributed by atoms with Gasteiger partial charge < -0.3 is 25.0 Å². The number of esters is 1. The van der Waals surface area contributed by atoms with Gasteiger partial charge in [-0.15, -0.1) is 0 Å². The predicted octanol–water partition coefficient (Wildman–Crippen LogP) is 4.62. The van der Waals surface area contributed by atoms with Crippen molar-refractivity contribution in [2.24, 2.45) is 5.92 Å². The van der Waals surface area contributed by atoms with E-state index in [4.69, 9.17) is 9.47 Å². The van der Waals surface area contributed by atoms with Gasteiger partial charge in [-0.05, 0) is 71.6 Å². The van der Waals surface area contributed by atoms with Crippen LogP contribution in [0.1, 0.15) is 85.9 Å². The molecule has 9 nitrogen and oxygen atoms in total. The number of amides is 3. The van der Waals surface area contributed by atoms with Gasteiger partial charge >= 0.3 is 12.1 Å². The Morgan fingerprint density at radius 3 is 2.21 bits per heavy atom. The lowest BCUT2D eigenvalue weighted by molar-refractivity contribution is -0.149. The molecule has 0 aliphatic heterocycles. The monoisotopic (exact) mass is 531 g/mol. The molecule has 0 aromatic heterocycles. The number of benzene rings is 1. The van der Waals surface area contributed by atoms with E-state index in [0.29, 0.717) is 5.56 Å². The van der Waals surface area contributed by atoms with E-state index < -0.39 is 47.1 Å². The molecule has 9 heteroatoms. The van der Waals surface area contributed by atoms with Gasteiger partial charge in [0, 0.05) is 12.1 Å². The molecule has 3 amide bonds. The molecule has 2 atom stereocenters.